The van der Waals surface area contributed by atoms with Crippen molar-refractivity contribution in [3.8, 4) is 5.75 Å². The smallest absolute Gasteiger partial charge is 0.343 e. The van der Waals surface area contributed by atoms with Gasteiger partial charge >= 0.3 is 5.97 Å². The van der Waals surface area contributed by atoms with Crippen molar-refractivity contribution in [2.45, 2.75) is 44.7 Å². The van der Waals surface area contributed by atoms with Gasteiger partial charge in [0.25, 0.3) is 0 Å². The first-order valence-electron chi connectivity index (χ1n) is 11.1. The maximum Gasteiger partial charge on any atom is 0.343 e. The lowest BCUT2D eigenvalue weighted by molar-refractivity contribution is 0.0524. The van der Waals surface area contributed by atoms with Gasteiger partial charge in [-0.25, -0.2) is 9.18 Å². The van der Waals surface area contributed by atoms with E-state index in [1.807, 2.05) is 9.47 Å². The monoisotopic (exact) mass is 465 g/mol. The van der Waals surface area contributed by atoms with Gasteiger partial charge < -0.3 is 24.3 Å². The van der Waals surface area contributed by atoms with Crippen LogP contribution in [0.2, 0.25) is 0 Å². The highest BCUT2D eigenvalue weighted by Gasteiger charge is 2.38. The molecule has 1 N–H and O–H groups in total. The fraction of sp³-hybridized carbons (Fsp3) is 0.565. The number of anilines is 1. The summed E-state index contributed by atoms with van der Waals surface area (Å²) < 4.78 is 28.2. The maximum atomic E-state index is 15.5. The van der Waals surface area contributed by atoms with E-state index in [2.05, 4.69) is 5.32 Å². The Hall–Kier alpha value is -2.32. The van der Waals surface area contributed by atoms with Crippen molar-refractivity contribution in [3.05, 3.63) is 33.9 Å². The topological polar surface area (TPSA) is 72.8 Å². The average Bonchev–Trinajstić information content (AvgIpc) is 3.51. The predicted octanol–water partition coefficient (Wildman–Crippen LogP) is 3.27. The number of nitrogens with one attached hydrogen (secondary N) is 1. The average molecular weight is 466 g/mol. The number of aromatic nitrogens is 1. The molecule has 5 rings (SSSR count). The largest absolute Gasteiger partial charge is 0.492 e. The SMILES string of the molecule is CCOC(=O)c1cn(C2CC2)c2c(OC)c(N3C[C@@H]4CCCN[C@@H]4C3)c(F)cc2c1=O.Cl. The molecule has 32 heavy (non-hydrogen) atoms. The molecule has 2 aromatic rings. The zero-order valence-electron chi connectivity index (χ0n) is 18.4. The Morgan fingerprint density at radius 3 is 2.72 bits per heavy atom. The first-order valence-corrected chi connectivity index (χ1v) is 11.1. The van der Waals surface area contributed by atoms with Gasteiger partial charge in [-0.05, 0) is 51.1 Å². The van der Waals surface area contributed by atoms with E-state index in [9.17, 15) is 9.59 Å². The Morgan fingerprint density at radius 1 is 1.28 bits per heavy atom. The third-order valence-corrected chi connectivity index (χ3v) is 6.75. The van der Waals surface area contributed by atoms with Gasteiger partial charge in [0.2, 0.25) is 5.43 Å². The number of piperidine rings is 1. The number of rotatable bonds is 5. The lowest BCUT2D eigenvalue weighted by atomic mass is 9.94. The molecular formula is C23H29ClFN3O4. The van der Waals surface area contributed by atoms with Crippen LogP contribution in [0.15, 0.2) is 17.1 Å². The molecule has 3 heterocycles. The highest BCUT2D eigenvalue weighted by Crippen LogP contribution is 2.45. The highest BCUT2D eigenvalue weighted by atomic mass is 35.5. The second kappa shape index (κ2) is 8.90. The van der Waals surface area contributed by atoms with Gasteiger partial charge in [0.15, 0.2) is 11.6 Å². The number of hydrogen-bond donors (Lipinski definition) is 1. The molecule has 0 unspecified atom stereocenters. The van der Waals surface area contributed by atoms with E-state index >= 15 is 4.39 Å². The standard InChI is InChI=1S/C23H28FN3O4.ClH/c1-3-31-23(29)16-11-27(14-6-7-14)19-15(21(16)28)9-17(24)20(22(19)30-2)26-10-13-5-4-8-25-18(13)12-26;/h9,11,13-14,18,25H,3-8,10,12H2,1-2H3;1H/t13-,18+;/m0./s1. The molecule has 0 bridgehead atoms. The molecule has 1 aliphatic carbocycles. The third-order valence-electron chi connectivity index (χ3n) is 6.75. The maximum absolute atomic E-state index is 15.5. The van der Waals surface area contributed by atoms with Crippen molar-refractivity contribution >= 4 is 35.0 Å². The summed E-state index contributed by atoms with van der Waals surface area (Å²) >= 11 is 0. The fourth-order valence-corrected chi connectivity index (χ4v) is 5.16. The fourth-order valence-electron chi connectivity index (χ4n) is 5.16. The molecule has 2 saturated heterocycles. The normalized spacial score (nSPS) is 22.4. The molecule has 0 radical (unpaired) electrons. The number of fused-ring (bicyclic) bond motifs is 2. The van der Waals surface area contributed by atoms with Crippen molar-refractivity contribution in [2.24, 2.45) is 5.92 Å². The number of carbonyl (C=O) groups excluding carboxylic acids is 1. The predicted molar refractivity (Wildman–Crippen MR) is 123 cm³/mol. The Balaban J connectivity index is 0.00000245. The van der Waals surface area contributed by atoms with Gasteiger partial charge in [0.05, 0.1) is 24.6 Å². The minimum absolute atomic E-state index is 0. The molecule has 7 nitrogen and oxygen atoms in total. The summed E-state index contributed by atoms with van der Waals surface area (Å²) in [6.45, 7) is 4.31. The van der Waals surface area contributed by atoms with E-state index < -0.39 is 17.2 Å². The van der Waals surface area contributed by atoms with Crippen molar-refractivity contribution < 1.29 is 18.7 Å². The molecule has 3 fully saturated rings. The van der Waals surface area contributed by atoms with Crippen LogP contribution in [-0.2, 0) is 4.74 Å². The second-order valence-corrected chi connectivity index (χ2v) is 8.74. The number of halogens is 2. The van der Waals surface area contributed by atoms with Gasteiger partial charge in [0.1, 0.15) is 11.3 Å². The molecule has 174 valence electrons. The van der Waals surface area contributed by atoms with Crippen molar-refractivity contribution in [2.75, 3.05) is 38.3 Å². The van der Waals surface area contributed by atoms with Gasteiger partial charge in [-0.2, -0.15) is 0 Å². The van der Waals surface area contributed by atoms with Gasteiger partial charge in [0, 0.05) is 31.4 Å². The van der Waals surface area contributed by atoms with E-state index in [1.54, 1.807) is 13.1 Å². The Bertz CT molecular complexity index is 1090. The number of nitrogens with zero attached hydrogens (tertiary/aromatic N) is 2. The number of ether oxygens (including phenoxy) is 2. The second-order valence-electron chi connectivity index (χ2n) is 8.74. The quantitative estimate of drug-likeness (QED) is 0.683. The van der Waals surface area contributed by atoms with Crippen LogP contribution in [0.5, 0.6) is 5.75 Å². The molecule has 2 atom stereocenters. The van der Waals surface area contributed by atoms with Crippen LogP contribution in [0, 0.1) is 11.7 Å². The van der Waals surface area contributed by atoms with Crippen molar-refractivity contribution in [1.82, 2.24) is 9.88 Å². The summed E-state index contributed by atoms with van der Waals surface area (Å²) in [6.07, 6.45) is 5.70. The Labute approximate surface area is 192 Å². The Kier molecular flexibility index (Phi) is 6.36. The number of methoxy groups -OCH3 is 1. The van der Waals surface area contributed by atoms with Crippen LogP contribution in [-0.4, -0.2) is 49.9 Å². The highest BCUT2D eigenvalue weighted by molar-refractivity contribution is 5.97. The van der Waals surface area contributed by atoms with E-state index in [1.165, 1.54) is 13.2 Å². The summed E-state index contributed by atoms with van der Waals surface area (Å²) in [5.74, 6) is -0.330. The van der Waals surface area contributed by atoms with Gasteiger partial charge in [-0.15, -0.1) is 12.4 Å². The molecular weight excluding hydrogens is 437 g/mol. The molecule has 1 saturated carbocycles. The first kappa shape index (κ1) is 22.9. The number of benzene rings is 1. The molecule has 0 amide bonds. The zero-order chi connectivity index (χ0) is 21.7. The molecule has 1 aromatic carbocycles. The van der Waals surface area contributed by atoms with Crippen molar-refractivity contribution in [1.29, 1.82) is 0 Å². The third kappa shape index (κ3) is 3.73. The van der Waals surface area contributed by atoms with E-state index in [-0.39, 0.29) is 36.0 Å². The van der Waals surface area contributed by atoms with E-state index in [0.29, 0.717) is 35.5 Å². The van der Waals surface area contributed by atoms with Crippen LogP contribution in [0.1, 0.15) is 49.0 Å². The number of hydrogen-bond acceptors (Lipinski definition) is 6. The van der Waals surface area contributed by atoms with E-state index in [0.717, 1.165) is 38.8 Å². The molecule has 0 spiro atoms. The van der Waals surface area contributed by atoms with E-state index in [4.69, 9.17) is 9.47 Å². The summed E-state index contributed by atoms with van der Waals surface area (Å²) in [5.41, 5.74) is 0.379. The van der Waals surface area contributed by atoms with Gasteiger partial charge in [-0.1, -0.05) is 0 Å². The van der Waals surface area contributed by atoms with Crippen LogP contribution < -0.4 is 20.4 Å². The summed E-state index contributed by atoms with van der Waals surface area (Å²) in [5, 5.41) is 3.70. The molecule has 1 aromatic heterocycles. The zero-order valence-corrected chi connectivity index (χ0v) is 19.2. The lowest BCUT2D eigenvalue weighted by Crippen LogP contribution is -2.40. The number of esters is 1. The molecule has 3 aliphatic rings. The molecule has 2 aliphatic heterocycles. The number of carbonyl (C=O) groups is 1. The first-order chi connectivity index (χ1) is 15.0. The lowest BCUT2D eigenvalue weighted by Gasteiger charge is -2.25. The van der Waals surface area contributed by atoms with Crippen LogP contribution in [0.3, 0.4) is 0 Å². The van der Waals surface area contributed by atoms with Crippen LogP contribution in [0.4, 0.5) is 10.1 Å². The summed E-state index contributed by atoms with van der Waals surface area (Å²) in [4.78, 5) is 27.6. The molecule has 9 heteroatoms. The minimum atomic E-state index is -0.679. The van der Waals surface area contributed by atoms with Crippen LogP contribution >= 0.6 is 12.4 Å². The van der Waals surface area contributed by atoms with Crippen LogP contribution in [0.25, 0.3) is 10.9 Å². The summed E-state index contributed by atoms with van der Waals surface area (Å²) in [7, 11) is 1.51. The Morgan fingerprint density at radius 2 is 2.06 bits per heavy atom. The van der Waals surface area contributed by atoms with Crippen molar-refractivity contribution in [3.63, 3.8) is 0 Å². The number of pyridine rings is 1. The minimum Gasteiger partial charge on any atom is -0.492 e. The van der Waals surface area contributed by atoms with Gasteiger partial charge in [-0.3, -0.25) is 4.79 Å². The summed E-state index contributed by atoms with van der Waals surface area (Å²) in [6, 6.07) is 1.77.